The van der Waals surface area contributed by atoms with Crippen molar-refractivity contribution in [2.75, 3.05) is 26.3 Å². The number of morpholine rings is 1. The van der Waals surface area contributed by atoms with Crippen LogP contribution in [-0.4, -0.2) is 31.2 Å². The Labute approximate surface area is 139 Å². The van der Waals surface area contributed by atoms with E-state index in [1.807, 2.05) is 0 Å². The van der Waals surface area contributed by atoms with E-state index in [1.165, 1.54) is 16.7 Å². The molecule has 0 aromatic heterocycles. The molecule has 0 aliphatic carbocycles. The minimum Gasteiger partial charge on any atom is -0.379 e. The largest absolute Gasteiger partial charge is 0.379 e. The summed E-state index contributed by atoms with van der Waals surface area (Å²) in [6, 6.07) is 19.7. The van der Waals surface area contributed by atoms with Crippen LogP contribution >= 0.6 is 0 Å². The molecule has 3 heteroatoms. The number of benzene rings is 2. The predicted octanol–water partition coefficient (Wildman–Crippen LogP) is 3.37. The lowest BCUT2D eigenvalue weighted by Crippen LogP contribution is -2.36. The van der Waals surface area contributed by atoms with Crippen molar-refractivity contribution in [2.24, 2.45) is 0 Å². The Morgan fingerprint density at radius 2 is 1.61 bits per heavy atom. The zero-order chi connectivity index (χ0) is 15.9. The Kier molecular flexibility index (Phi) is 5.81. The molecule has 1 fully saturated rings. The van der Waals surface area contributed by atoms with Gasteiger partial charge in [-0.05, 0) is 23.6 Å². The van der Waals surface area contributed by atoms with E-state index < -0.39 is 0 Å². The topological polar surface area (TPSA) is 24.5 Å². The highest BCUT2D eigenvalue weighted by Gasteiger charge is 2.13. The molecule has 0 saturated carbocycles. The first-order valence-electron chi connectivity index (χ1n) is 8.48. The van der Waals surface area contributed by atoms with Crippen LogP contribution in [0.25, 0.3) is 0 Å². The van der Waals surface area contributed by atoms with E-state index in [0.29, 0.717) is 6.04 Å². The lowest BCUT2D eigenvalue weighted by Gasteiger charge is -2.27. The fraction of sp³-hybridized carbons (Fsp3) is 0.400. The molecule has 2 aromatic carbocycles. The first-order chi connectivity index (χ1) is 11.3. The van der Waals surface area contributed by atoms with Crippen LogP contribution in [0.3, 0.4) is 0 Å². The number of hydrogen-bond donors (Lipinski definition) is 1. The van der Waals surface area contributed by atoms with Crippen LogP contribution in [0.1, 0.15) is 29.7 Å². The van der Waals surface area contributed by atoms with Gasteiger partial charge in [0.15, 0.2) is 0 Å². The zero-order valence-corrected chi connectivity index (χ0v) is 13.9. The first-order valence-corrected chi connectivity index (χ1v) is 8.48. The van der Waals surface area contributed by atoms with Crippen molar-refractivity contribution in [3.63, 3.8) is 0 Å². The van der Waals surface area contributed by atoms with Crippen LogP contribution in [0.2, 0.25) is 0 Å². The van der Waals surface area contributed by atoms with Crippen LogP contribution in [0.5, 0.6) is 0 Å². The summed E-state index contributed by atoms with van der Waals surface area (Å²) in [6.07, 6.45) is 0. The molecular weight excluding hydrogens is 284 g/mol. The molecular formula is C20H26N2O. The highest BCUT2D eigenvalue weighted by Crippen LogP contribution is 2.16. The molecule has 1 heterocycles. The SMILES string of the molecule is C[C@@H](NCc1ccccc1CN1CCOCC1)c1ccccc1. The summed E-state index contributed by atoms with van der Waals surface area (Å²) >= 11 is 0. The lowest BCUT2D eigenvalue weighted by molar-refractivity contribution is 0.0340. The normalized spacial score (nSPS) is 17.1. The van der Waals surface area contributed by atoms with Gasteiger partial charge in [0.2, 0.25) is 0 Å². The van der Waals surface area contributed by atoms with Gasteiger partial charge in [-0.25, -0.2) is 0 Å². The third-order valence-corrected chi connectivity index (χ3v) is 4.51. The minimum absolute atomic E-state index is 0.354. The number of hydrogen-bond acceptors (Lipinski definition) is 3. The predicted molar refractivity (Wildman–Crippen MR) is 94.2 cm³/mol. The van der Waals surface area contributed by atoms with Gasteiger partial charge < -0.3 is 10.1 Å². The van der Waals surface area contributed by atoms with Crippen LogP contribution in [-0.2, 0) is 17.8 Å². The summed E-state index contributed by atoms with van der Waals surface area (Å²) in [5, 5.41) is 3.65. The molecule has 1 aliphatic rings. The molecule has 122 valence electrons. The molecule has 23 heavy (non-hydrogen) atoms. The van der Waals surface area contributed by atoms with E-state index in [-0.39, 0.29) is 0 Å². The van der Waals surface area contributed by atoms with Gasteiger partial charge in [0.25, 0.3) is 0 Å². The molecule has 3 rings (SSSR count). The fourth-order valence-electron chi connectivity index (χ4n) is 3.01. The summed E-state index contributed by atoms with van der Waals surface area (Å²) in [4.78, 5) is 2.48. The van der Waals surface area contributed by atoms with Crippen LogP contribution < -0.4 is 5.32 Å². The van der Waals surface area contributed by atoms with Gasteiger partial charge in [-0.3, -0.25) is 4.90 Å². The maximum atomic E-state index is 5.44. The number of nitrogens with one attached hydrogen (secondary N) is 1. The Bertz CT molecular complexity index is 594. The standard InChI is InChI=1S/C20H26N2O/c1-17(18-7-3-2-4-8-18)21-15-19-9-5-6-10-20(19)16-22-11-13-23-14-12-22/h2-10,17,21H,11-16H2,1H3/t17-/m1/s1. The smallest absolute Gasteiger partial charge is 0.0594 e. The highest BCUT2D eigenvalue weighted by atomic mass is 16.5. The Hall–Kier alpha value is -1.68. The van der Waals surface area contributed by atoms with Gasteiger partial charge in [-0.2, -0.15) is 0 Å². The molecule has 0 spiro atoms. The second-order valence-corrected chi connectivity index (χ2v) is 6.17. The van der Waals surface area contributed by atoms with E-state index in [1.54, 1.807) is 0 Å². The van der Waals surface area contributed by atoms with E-state index in [0.717, 1.165) is 39.4 Å². The highest BCUT2D eigenvalue weighted by molar-refractivity contribution is 5.27. The summed E-state index contributed by atoms with van der Waals surface area (Å²) < 4.78 is 5.44. The van der Waals surface area contributed by atoms with E-state index in [2.05, 4.69) is 71.7 Å². The fourth-order valence-corrected chi connectivity index (χ4v) is 3.01. The maximum absolute atomic E-state index is 5.44. The average Bonchev–Trinajstić information content (AvgIpc) is 2.62. The van der Waals surface area contributed by atoms with Crippen LogP contribution in [0, 0.1) is 0 Å². The number of rotatable bonds is 6. The van der Waals surface area contributed by atoms with Gasteiger partial charge in [0.1, 0.15) is 0 Å². The van der Waals surface area contributed by atoms with Crippen molar-refractivity contribution in [3.05, 3.63) is 71.3 Å². The quantitative estimate of drug-likeness (QED) is 0.885. The van der Waals surface area contributed by atoms with Gasteiger partial charge in [0.05, 0.1) is 13.2 Å². The summed E-state index contributed by atoms with van der Waals surface area (Å²) in [5.74, 6) is 0. The third-order valence-electron chi connectivity index (χ3n) is 4.51. The molecule has 0 unspecified atom stereocenters. The summed E-state index contributed by atoms with van der Waals surface area (Å²) in [6.45, 7) is 7.90. The van der Waals surface area contributed by atoms with Crippen molar-refractivity contribution in [1.29, 1.82) is 0 Å². The zero-order valence-electron chi connectivity index (χ0n) is 13.9. The molecule has 1 N–H and O–H groups in total. The first kappa shape index (κ1) is 16.2. The van der Waals surface area contributed by atoms with Crippen LogP contribution in [0.4, 0.5) is 0 Å². The van der Waals surface area contributed by atoms with Crippen molar-refractivity contribution in [2.45, 2.75) is 26.1 Å². The minimum atomic E-state index is 0.354. The third kappa shape index (κ3) is 4.64. The van der Waals surface area contributed by atoms with Crippen molar-refractivity contribution in [1.82, 2.24) is 10.2 Å². The molecule has 2 aromatic rings. The second kappa shape index (κ2) is 8.25. The molecule has 0 radical (unpaired) electrons. The van der Waals surface area contributed by atoms with Gasteiger partial charge in [0, 0.05) is 32.2 Å². The molecule has 1 atom stereocenters. The van der Waals surface area contributed by atoms with Crippen molar-refractivity contribution >= 4 is 0 Å². The van der Waals surface area contributed by atoms with E-state index >= 15 is 0 Å². The lowest BCUT2D eigenvalue weighted by atomic mass is 10.0. The van der Waals surface area contributed by atoms with Gasteiger partial charge >= 0.3 is 0 Å². The summed E-state index contributed by atoms with van der Waals surface area (Å²) in [5.41, 5.74) is 4.14. The monoisotopic (exact) mass is 310 g/mol. The van der Waals surface area contributed by atoms with Crippen LogP contribution in [0.15, 0.2) is 54.6 Å². The van der Waals surface area contributed by atoms with E-state index in [4.69, 9.17) is 4.74 Å². The van der Waals surface area contributed by atoms with Crippen molar-refractivity contribution < 1.29 is 4.74 Å². The van der Waals surface area contributed by atoms with E-state index in [9.17, 15) is 0 Å². The Balaban J connectivity index is 1.61. The Morgan fingerprint density at radius 3 is 2.35 bits per heavy atom. The second-order valence-electron chi connectivity index (χ2n) is 6.17. The van der Waals surface area contributed by atoms with Crippen molar-refractivity contribution in [3.8, 4) is 0 Å². The molecule has 1 aliphatic heterocycles. The number of ether oxygens (including phenoxy) is 1. The molecule has 3 nitrogen and oxygen atoms in total. The molecule has 0 amide bonds. The maximum Gasteiger partial charge on any atom is 0.0594 e. The molecule has 1 saturated heterocycles. The summed E-state index contributed by atoms with van der Waals surface area (Å²) in [7, 11) is 0. The van der Waals surface area contributed by atoms with Gasteiger partial charge in [-0.15, -0.1) is 0 Å². The van der Waals surface area contributed by atoms with Gasteiger partial charge in [-0.1, -0.05) is 54.6 Å². The average molecular weight is 310 g/mol. The molecule has 0 bridgehead atoms. The number of nitrogens with zero attached hydrogens (tertiary/aromatic N) is 1. The Morgan fingerprint density at radius 1 is 0.957 bits per heavy atom.